The molecule has 0 bridgehead atoms. The second kappa shape index (κ2) is 7.22. The Morgan fingerprint density at radius 1 is 1.30 bits per heavy atom. The number of nitrogens with zero attached hydrogens (tertiary/aromatic N) is 3. The van der Waals surface area contributed by atoms with Crippen molar-refractivity contribution in [2.75, 3.05) is 23.3 Å². The monoisotopic (exact) mass is 382 g/mol. The van der Waals surface area contributed by atoms with E-state index >= 15 is 0 Å². The summed E-state index contributed by atoms with van der Waals surface area (Å²) < 4.78 is 41.6. The number of hydrogen-bond acceptors (Lipinski definition) is 4. The first-order valence-electron chi connectivity index (χ1n) is 8.62. The highest BCUT2D eigenvalue weighted by atomic mass is 19.4. The molecule has 0 radical (unpaired) electrons. The van der Waals surface area contributed by atoms with Crippen LogP contribution in [0.2, 0.25) is 0 Å². The first-order chi connectivity index (χ1) is 12.7. The Balaban J connectivity index is 1.77. The zero-order chi connectivity index (χ0) is 19.7. The molecule has 1 unspecified atom stereocenters. The molecule has 9 heteroatoms. The van der Waals surface area contributed by atoms with E-state index < -0.39 is 29.9 Å². The molecule has 2 N–H and O–H groups in total. The van der Waals surface area contributed by atoms with Crippen LogP contribution in [0.5, 0.6) is 0 Å². The molecule has 1 aromatic heterocycles. The molecule has 0 spiro atoms. The van der Waals surface area contributed by atoms with Crippen molar-refractivity contribution in [3.8, 4) is 0 Å². The summed E-state index contributed by atoms with van der Waals surface area (Å²) in [6, 6.07) is 6.94. The number of halogens is 3. The molecule has 1 aliphatic rings. The van der Waals surface area contributed by atoms with Crippen molar-refractivity contribution >= 4 is 17.3 Å². The van der Waals surface area contributed by atoms with Gasteiger partial charge in [0.05, 0.1) is 6.42 Å². The van der Waals surface area contributed by atoms with Crippen LogP contribution in [0, 0.1) is 0 Å². The fourth-order valence-electron chi connectivity index (χ4n) is 3.26. The van der Waals surface area contributed by atoms with Crippen LogP contribution in [-0.4, -0.2) is 39.8 Å². The van der Waals surface area contributed by atoms with Crippen LogP contribution in [0.4, 0.5) is 24.5 Å². The molecule has 3 rings (SSSR count). The van der Waals surface area contributed by atoms with Crippen LogP contribution in [0.1, 0.15) is 25.1 Å². The molecule has 1 aromatic carbocycles. The Kier molecular flexibility index (Phi) is 5.14. The summed E-state index contributed by atoms with van der Waals surface area (Å²) in [6.07, 6.45) is -1.65. The number of carbonyl (C=O) groups excluding carboxylic acids is 1. The van der Waals surface area contributed by atoms with Gasteiger partial charge in [-0.15, -0.1) is 0 Å². The molecule has 6 nitrogen and oxygen atoms in total. The minimum absolute atomic E-state index is 0.383. The lowest BCUT2D eigenvalue weighted by Gasteiger charge is -2.29. The SMILES string of the molecule is Cn1ccnc1C(O)(CC(=O)Nc1cccc(N2CCCC2)c1)C(F)(F)F. The van der Waals surface area contributed by atoms with Gasteiger partial charge in [0, 0.05) is 43.9 Å². The highest BCUT2D eigenvalue weighted by Gasteiger charge is 2.58. The summed E-state index contributed by atoms with van der Waals surface area (Å²) in [7, 11) is 1.33. The van der Waals surface area contributed by atoms with Gasteiger partial charge in [-0.05, 0) is 31.0 Å². The quantitative estimate of drug-likeness (QED) is 0.834. The number of aryl methyl sites for hydroxylation is 1. The predicted molar refractivity (Wildman–Crippen MR) is 94.3 cm³/mol. The maximum atomic E-state index is 13.5. The van der Waals surface area contributed by atoms with Crippen LogP contribution in [0.15, 0.2) is 36.7 Å². The molecular formula is C18H21F3N4O2. The molecule has 146 valence electrons. The molecule has 1 fully saturated rings. The summed E-state index contributed by atoms with van der Waals surface area (Å²) in [5.41, 5.74) is -2.09. The van der Waals surface area contributed by atoms with Gasteiger partial charge in [0.1, 0.15) is 0 Å². The molecule has 1 aliphatic heterocycles. The van der Waals surface area contributed by atoms with E-state index in [4.69, 9.17) is 0 Å². The number of benzene rings is 1. The smallest absolute Gasteiger partial charge is 0.374 e. The van der Waals surface area contributed by atoms with Gasteiger partial charge >= 0.3 is 6.18 Å². The molecule has 1 amide bonds. The zero-order valence-electron chi connectivity index (χ0n) is 14.8. The first kappa shape index (κ1) is 19.2. The number of anilines is 2. The van der Waals surface area contributed by atoms with Crippen LogP contribution in [0.3, 0.4) is 0 Å². The van der Waals surface area contributed by atoms with E-state index in [1.165, 1.54) is 13.2 Å². The van der Waals surface area contributed by atoms with Gasteiger partial charge in [0.15, 0.2) is 5.82 Å². The van der Waals surface area contributed by atoms with E-state index in [2.05, 4.69) is 15.2 Å². The highest BCUT2D eigenvalue weighted by Crippen LogP contribution is 2.41. The van der Waals surface area contributed by atoms with Crippen LogP contribution < -0.4 is 10.2 Å². The van der Waals surface area contributed by atoms with E-state index in [-0.39, 0.29) is 0 Å². The third-order valence-electron chi connectivity index (χ3n) is 4.68. The molecule has 2 aromatic rings. The number of nitrogens with one attached hydrogen (secondary N) is 1. The summed E-state index contributed by atoms with van der Waals surface area (Å²) >= 11 is 0. The van der Waals surface area contributed by atoms with Crippen molar-refractivity contribution in [1.82, 2.24) is 9.55 Å². The van der Waals surface area contributed by atoms with E-state index in [1.807, 2.05) is 6.07 Å². The van der Waals surface area contributed by atoms with E-state index in [1.54, 1.807) is 18.2 Å². The lowest BCUT2D eigenvalue weighted by molar-refractivity contribution is -0.270. The molecule has 27 heavy (non-hydrogen) atoms. The normalized spacial score (nSPS) is 17.0. The van der Waals surface area contributed by atoms with Gasteiger partial charge in [-0.25, -0.2) is 4.98 Å². The van der Waals surface area contributed by atoms with Crippen LogP contribution in [-0.2, 0) is 17.4 Å². The maximum absolute atomic E-state index is 13.5. The Morgan fingerprint density at radius 3 is 2.59 bits per heavy atom. The number of imidazole rings is 1. The number of aliphatic hydroxyl groups is 1. The van der Waals surface area contributed by atoms with Gasteiger partial charge in [-0.3, -0.25) is 4.79 Å². The summed E-state index contributed by atoms with van der Waals surface area (Å²) in [6.45, 7) is 1.81. The minimum Gasteiger partial charge on any atom is -0.374 e. The van der Waals surface area contributed by atoms with Crippen molar-refractivity contribution in [2.45, 2.75) is 31.0 Å². The summed E-state index contributed by atoms with van der Waals surface area (Å²) in [5, 5.41) is 12.7. The Morgan fingerprint density at radius 2 is 2.00 bits per heavy atom. The van der Waals surface area contributed by atoms with E-state index in [0.29, 0.717) is 5.69 Å². The Bertz CT molecular complexity index is 815. The number of hydrogen-bond donors (Lipinski definition) is 2. The molecule has 0 saturated carbocycles. The lowest BCUT2D eigenvalue weighted by Crippen LogP contribution is -2.46. The van der Waals surface area contributed by atoms with Crippen molar-refractivity contribution in [2.24, 2.45) is 7.05 Å². The number of rotatable bonds is 5. The van der Waals surface area contributed by atoms with E-state index in [0.717, 1.165) is 42.4 Å². The molecular weight excluding hydrogens is 361 g/mol. The summed E-state index contributed by atoms with van der Waals surface area (Å²) in [4.78, 5) is 18.0. The maximum Gasteiger partial charge on any atom is 0.425 e. The van der Waals surface area contributed by atoms with Gasteiger partial charge < -0.3 is 19.9 Å². The highest BCUT2D eigenvalue weighted by molar-refractivity contribution is 5.92. The van der Waals surface area contributed by atoms with Crippen LogP contribution in [0.25, 0.3) is 0 Å². The number of amides is 1. The largest absolute Gasteiger partial charge is 0.425 e. The Hall–Kier alpha value is -2.55. The number of aromatic nitrogens is 2. The lowest BCUT2D eigenvalue weighted by atomic mass is 9.97. The van der Waals surface area contributed by atoms with Crippen molar-refractivity contribution < 1.29 is 23.1 Å². The van der Waals surface area contributed by atoms with Crippen LogP contribution >= 0.6 is 0 Å². The average Bonchev–Trinajstić information content (AvgIpc) is 3.25. The minimum atomic E-state index is -5.05. The van der Waals surface area contributed by atoms with Crippen molar-refractivity contribution in [3.63, 3.8) is 0 Å². The molecule has 2 heterocycles. The topological polar surface area (TPSA) is 70.4 Å². The second-order valence-corrected chi connectivity index (χ2v) is 6.69. The van der Waals surface area contributed by atoms with E-state index in [9.17, 15) is 23.1 Å². The molecule has 1 atom stereocenters. The van der Waals surface area contributed by atoms with Crippen molar-refractivity contribution in [3.05, 3.63) is 42.5 Å². The third-order valence-corrected chi connectivity index (χ3v) is 4.68. The molecule has 1 saturated heterocycles. The second-order valence-electron chi connectivity index (χ2n) is 6.69. The van der Waals surface area contributed by atoms with Gasteiger partial charge in [0.25, 0.3) is 0 Å². The van der Waals surface area contributed by atoms with Gasteiger partial charge in [-0.2, -0.15) is 13.2 Å². The zero-order valence-corrected chi connectivity index (χ0v) is 14.8. The fourth-order valence-corrected chi connectivity index (χ4v) is 3.26. The first-order valence-corrected chi connectivity index (χ1v) is 8.62. The standard InChI is InChI=1S/C18H21F3N4O2/c1-24-10-7-22-16(24)17(27,18(19,20)21)12-15(26)23-13-5-4-6-14(11-13)25-8-2-3-9-25/h4-7,10-11,27H,2-3,8-9,12H2,1H3,(H,23,26). The van der Waals surface area contributed by atoms with Gasteiger partial charge in [-0.1, -0.05) is 6.07 Å². The molecule has 0 aliphatic carbocycles. The average molecular weight is 382 g/mol. The fraction of sp³-hybridized carbons (Fsp3) is 0.444. The van der Waals surface area contributed by atoms with Gasteiger partial charge in [0.2, 0.25) is 11.5 Å². The summed E-state index contributed by atoms with van der Waals surface area (Å²) in [5.74, 6) is -1.58. The number of carbonyl (C=O) groups is 1. The van der Waals surface area contributed by atoms with Crippen molar-refractivity contribution in [1.29, 1.82) is 0 Å². The Labute approximate surface area is 154 Å². The third kappa shape index (κ3) is 3.92. The number of alkyl halides is 3. The predicted octanol–water partition coefficient (Wildman–Crippen LogP) is 2.80.